The Balaban J connectivity index is 2.43. The van der Waals surface area contributed by atoms with Gasteiger partial charge in [-0.15, -0.1) is 0 Å². The van der Waals surface area contributed by atoms with E-state index in [-0.39, 0.29) is 37.5 Å². The first-order valence-corrected chi connectivity index (χ1v) is 13.1. The molecule has 4 atom stereocenters. The lowest BCUT2D eigenvalue weighted by atomic mass is 10.0. The summed E-state index contributed by atoms with van der Waals surface area (Å²) >= 11 is 4.11. The molecule has 1 aliphatic heterocycles. The molecule has 1 aliphatic rings. The predicted molar refractivity (Wildman–Crippen MR) is 146 cm³/mol. The van der Waals surface area contributed by atoms with Gasteiger partial charge in [-0.25, -0.2) is 0 Å². The van der Waals surface area contributed by atoms with Gasteiger partial charge in [0.15, 0.2) is 5.96 Å². The molecule has 0 bridgehead atoms. The van der Waals surface area contributed by atoms with E-state index >= 15 is 0 Å². The summed E-state index contributed by atoms with van der Waals surface area (Å²) in [6, 6.07) is 2.70. The van der Waals surface area contributed by atoms with Crippen LogP contribution in [0.25, 0.3) is 0 Å². The second-order valence-corrected chi connectivity index (χ2v) is 9.35. The Morgan fingerprint density at radius 2 is 1.44 bits per heavy atom. The minimum Gasteiger partial charge on any atom is -0.481 e. The van der Waals surface area contributed by atoms with Crippen LogP contribution in [0.15, 0.2) is 30.3 Å². The maximum absolute atomic E-state index is 13.3. The Bertz CT molecular complexity index is 1180. The van der Waals surface area contributed by atoms with Crippen molar-refractivity contribution in [3.8, 4) is 0 Å². The van der Waals surface area contributed by atoms with E-state index in [2.05, 4.69) is 33.9 Å². The number of nitrogens with two attached hydrogens (primary N) is 1. The van der Waals surface area contributed by atoms with Gasteiger partial charge in [0.1, 0.15) is 24.2 Å². The summed E-state index contributed by atoms with van der Waals surface area (Å²) in [6.45, 7) is 0.141. The first kappa shape index (κ1) is 32.5. The maximum Gasteiger partial charge on any atom is 0.315 e. The summed E-state index contributed by atoms with van der Waals surface area (Å²) in [5, 5.41) is 30.0. The van der Waals surface area contributed by atoms with Gasteiger partial charge in [0.05, 0.1) is 6.42 Å². The molecule has 0 saturated carbocycles. The Labute approximate surface area is 239 Å². The van der Waals surface area contributed by atoms with Gasteiger partial charge in [0.2, 0.25) is 23.6 Å². The summed E-state index contributed by atoms with van der Waals surface area (Å²) in [5.41, 5.74) is 5.84. The molecular weight excluding hydrogens is 560 g/mol. The van der Waals surface area contributed by atoms with Crippen LogP contribution in [0.3, 0.4) is 0 Å². The Morgan fingerprint density at radius 1 is 0.854 bits per heavy atom. The highest BCUT2D eigenvalue weighted by Gasteiger charge is 2.34. The van der Waals surface area contributed by atoms with E-state index in [0.29, 0.717) is 5.56 Å². The number of carboxylic acids is 1. The fraction of sp³-hybridized carbons (Fsp3) is 0.417. The molecule has 0 aliphatic carbocycles. The lowest BCUT2D eigenvalue weighted by Gasteiger charge is -2.25. The highest BCUT2D eigenvalue weighted by molar-refractivity contribution is 7.80. The Morgan fingerprint density at radius 3 is 2.05 bits per heavy atom. The van der Waals surface area contributed by atoms with Crippen molar-refractivity contribution < 1.29 is 38.7 Å². The zero-order valence-corrected chi connectivity index (χ0v) is 22.7. The van der Waals surface area contributed by atoms with Gasteiger partial charge >= 0.3 is 17.8 Å². The lowest BCUT2D eigenvalue weighted by Crippen LogP contribution is -2.58. The van der Waals surface area contributed by atoms with Gasteiger partial charge < -0.3 is 37.4 Å². The van der Waals surface area contributed by atoms with Crippen LogP contribution >= 0.6 is 12.6 Å². The fourth-order valence-electron chi connectivity index (χ4n) is 3.73. The van der Waals surface area contributed by atoms with Gasteiger partial charge in [-0.05, 0) is 18.4 Å². The van der Waals surface area contributed by atoms with Crippen molar-refractivity contribution in [2.75, 3.05) is 12.3 Å². The lowest BCUT2D eigenvalue weighted by molar-refractivity contribution is -0.145. The van der Waals surface area contributed by atoms with Crippen LogP contribution in [-0.2, 0) is 40.0 Å². The number of hydrogen-bond acceptors (Lipinski definition) is 9. The number of hydrogen-bond donors (Lipinski definition) is 10. The molecule has 6 amide bonds. The monoisotopic (exact) mass is 592 g/mol. The standard InChI is InChI=1S/C24H32N8O8S/c25-24(26)27-8-4-7-13-18(35)32-23(40)22(39)30-15(10-17(33)34)20(37)29-14(9-12-5-2-1-3-6-12)19(36)31-16(11-41)21(38)28-13/h1-3,5-6,13-16,41H,4,7-11H2,(H,28,38)(H,29,37)(H,30,39)(H,31,36)(H,33,34)(H4,25,26,27)(H,32,35,40)/t13-,14-,15+,16?/m0/s1. The van der Waals surface area contributed by atoms with Crippen molar-refractivity contribution in [2.45, 2.75) is 49.9 Å². The largest absolute Gasteiger partial charge is 0.481 e. The average Bonchev–Trinajstić information content (AvgIpc) is 2.91. The van der Waals surface area contributed by atoms with Gasteiger partial charge in [0, 0.05) is 18.7 Å². The van der Waals surface area contributed by atoms with E-state index in [4.69, 9.17) is 11.1 Å². The molecule has 1 heterocycles. The van der Waals surface area contributed by atoms with Crippen LogP contribution in [0.5, 0.6) is 0 Å². The van der Waals surface area contributed by atoms with Gasteiger partial charge in [-0.2, -0.15) is 12.6 Å². The third-order valence-electron chi connectivity index (χ3n) is 5.79. The SMILES string of the molecule is N=C(N)NCCC[C@@H]1NC(=O)C(CS)NC(=O)[C@H](Cc2ccccc2)NC(=O)[C@@H](CC(=O)O)NC(=O)C(=O)NC1=O. The van der Waals surface area contributed by atoms with Crippen LogP contribution in [0.4, 0.5) is 0 Å². The molecule has 0 aromatic heterocycles. The summed E-state index contributed by atoms with van der Waals surface area (Å²) in [4.78, 5) is 88.5. The van der Waals surface area contributed by atoms with Crippen molar-refractivity contribution in [3.63, 3.8) is 0 Å². The Hall–Kier alpha value is -4.67. The van der Waals surface area contributed by atoms with Crippen molar-refractivity contribution in [1.82, 2.24) is 31.9 Å². The summed E-state index contributed by atoms with van der Waals surface area (Å²) in [6.07, 6.45) is -0.895. The smallest absolute Gasteiger partial charge is 0.315 e. The first-order chi connectivity index (χ1) is 19.4. The highest BCUT2D eigenvalue weighted by atomic mass is 32.1. The summed E-state index contributed by atoms with van der Waals surface area (Å²) in [7, 11) is 0. The van der Waals surface area contributed by atoms with Crippen molar-refractivity contribution in [2.24, 2.45) is 5.73 Å². The number of nitrogens with one attached hydrogen (secondary N) is 7. The van der Waals surface area contributed by atoms with Crippen molar-refractivity contribution in [3.05, 3.63) is 35.9 Å². The molecule has 0 radical (unpaired) electrons. The number of imide groups is 1. The van der Waals surface area contributed by atoms with Crippen LogP contribution in [-0.4, -0.2) is 88.9 Å². The quantitative estimate of drug-likeness (QED) is 0.0338. The molecular formula is C24H32N8O8S. The molecule has 222 valence electrons. The molecule has 16 nitrogen and oxygen atoms in total. The number of carbonyl (C=O) groups excluding carboxylic acids is 6. The van der Waals surface area contributed by atoms with Crippen LogP contribution in [0.1, 0.15) is 24.8 Å². The number of amides is 6. The van der Waals surface area contributed by atoms with Crippen LogP contribution in [0, 0.1) is 5.41 Å². The number of carbonyl (C=O) groups is 7. The first-order valence-electron chi connectivity index (χ1n) is 12.4. The number of thiol groups is 1. The number of carboxylic acid groups (broad SMARTS) is 1. The fourth-order valence-corrected chi connectivity index (χ4v) is 3.99. The zero-order chi connectivity index (χ0) is 30.5. The second kappa shape index (κ2) is 15.8. The minimum atomic E-state index is -1.79. The zero-order valence-electron chi connectivity index (χ0n) is 21.8. The third-order valence-corrected chi connectivity index (χ3v) is 6.16. The number of guanidine groups is 1. The van der Waals surface area contributed by atoms with Gasteiger partial charge in [0.25, 0.3) is 0 Å². The van der Waals surface area contributed by atoms with E-state index < -0.39 is 72.0 Å². The molecule has 10 N–H and O–H groups in total. The molecule has 1 fully saturated rings. The molecule has 2 rings (SSSR count). The predicted octanol–water partition coefficient (Wildman–Crippen LogP) is -3.51. The summed E-state index contributed by atoms with van der Waals surface area (Å²) < 4.78 is 0. The third kappa shape index (κ3) is 10.8. The number of aliphatic carboxylic acids is 1. The molecule has 17 heteroatoms. The van der Waals surface area contributed by atoms with E-state index in [1.165, 1.54) is 0 Å². The molecule has 1 aromatic rings. The molecule has 1 saturated heterocycles. The van der Waals surface area contributed by atoms with E-state index in [1.807, 2.05) is 10.6 Å². The highest BCUT2D eigenvalue weighted by Crippen LogP contribution is 2.07. The normalized spacial score (nSPS) is 22.6. The van der Waals surface area contributed by atoms with E-state index in [9.17, 15) is 38.7 Å². The molecule has 0 spiro atoms. The second-order valence-electron chi connectivity index (χ2n) is 8.98. The maximum atomic E-state index is 13.3. The van der Waals surface area contributed by atoms with Crippen molar-refractivity contribution in [1.29, 1.82) is 5.41 Å². The van der Waals surface area contributed by atoms with Crippen LogP contribution < -0.4 is 37.6 Å². The molecule has 1 aromatic carbocycles. The van der Waals surface area contributed by atoms with Gasteiger partial charge in [-0.1, -0.05) is 30.3 Å². The molecule has 41 heavy (non-hydrogen) atoms. The van der Waals surface area contributed by atoms with E-state index in [1.54, 1.807) is 30.3 Å². The average molecular weight is 593 g/mol. The topological polar surface area (TPSA) is 262 Å². The van der Waals surface area contributed by atoms with Crippen LogP contribution in [0.2, 0.25) is 0 Å². The summed E-state index contributed by atoms with van der Waals surface area (Å²) in [5.74, 6) is -8.87. The minimum absolute atomic E-state index is 0.0711. The van der Waals surface area contributed by atoms with Gasteiger partial charge in [-0.3, -0.25) is 44.3 Å². The van der Waals surface area contributed by atoms with Crippen molar-refractivity contribution >= 4 is 60.0 Å². The number of rotatable bonds is 9. The van der Waals surface area contributed by atoms with E-state index in [0.717, 1.165) is 0 Å². The molecule has 1 unspecified atom stereocenters. The Kier molecular flexibility index (Phi) is 12.5. The number of benzene rings is 1.